The highest BCUT2D eigenvalue weighted by Crippen LogP contribution is 2.34. The van der Waals surface area contributed by atoms with Gasteiger partial charge in [-0.05, 0) is 61.1 Å². The van der Waals surface area contributed by atoms with Crippen LogP contribution in [0, 0.1) is 11.8 Å². The largest absolute Gasteiger partial charge is 0.356 e. The third-order valence-corrected chi connectivity index (χ3v) is 4.95. The summed E-state index contributed by atoms with van der Waals surface area (Å²) in [5, 5.41) is 0. The monoisotopic (exact) mass is 328 g/mol. The van der Waals surface area contributed by atoms with E-state index in [9.17, 15) is 4.79 Å². The summed E-state index contributed by atoms with van der Waals surface area (Å²) in [6, 6.07) is 2.80. The third kappa shape index (κ3) is 5.19. The summed E-state index contributed by atoms with van der Waals surface area (Å²) in [6.45, 7) is 6.80. The van der Waals surface area contributed by atoms with E-state index in [4.69, 9.17) is 4.98 Å². The van der Waals surface area contributed by atoms with Gasteiger partial charge in [-0.1, -0.05) is 32.9 Å². The fraction of sp³-hybridized carbons (Fsp3) is 0.619. The number of aldehydes is 1. The normalized spacial score (nSPS) is 20.4. The molecule has 0 aromatic carbocycles. The molecule has 0 bridgehead atoms. The number of aryl methyl sites for hydroxylation is 1. The average molecular weight is 329 g/mol. The molecular weight excluding hydrogens is 296 g/mol. The molecular formula is C21H32N2O. The van der Waals surface area contributed by atoms with Crippen molar-refractivity contribution in [3.63, 3.8) is 0 Å². The lowest BCUT2D eigenvalue weighted by molar-refractivity contribution is -0.107. The number of aromatic nitrogens is 1. The van der Waals surface area contributed by atoms with Crippen molar-refractivity contribution in [2.24, 2.45) is 11.8 Å². The number of pyridine rings is 1. The summed E-state index contributed by atoms with van der Waals surface area (Å²) >= 11 is 0. The van der Waals surface area contributed by atoms with Gasteiger partial charge in [-0.2, -0.15) is 0 Å². The van der Waals surface area contributed by atoms with Crippen LogP contribution in [0.3, 0.4) is 0 Å². The molecule has 0 atom stereocenters. The molecule has 1 fully saturated rings. The number of hydrogen-bond acceptors (Lipinski definition) is 3. The number of rotatable bonds is 9. The molecule has 0 aliphatic heterocycles. The van der Waals surface area contributed by atoms with Gasteiger partial charge < -0.3 is 9.69 Å². The summed E-state index contributed by atoms with van der Waals surface area (Å²) in [6.07, 6.45) is 13.5. The number of allylic oxidation sites excluding steroid dienone is 1. The average Bonchev–Trinajstić information content (AvgIpc) is 2.53. The summed E-state index contributed by atoms with van der Waals surface area (Å²) in [5.41, 5.74) is 2.33. The van der Waals surface area contributed by atoms with Crippen molar-refractivity contribution in [2.45, 2.75) is 65.3 Å². The van der Waals surface area contributed by atoms with E-state index >= 15 is 0 Å². The number of anilines is 1. The molecule has 24 heavy (non-hydrogen) atoms. The standard InChI is InChI=1S/C21H32N2O/c1-16(2)8-5-6-9-18-14-19(10-7-11-24)21(22-15-18)23(4)20-12-17(3)13-20/h6,9,11,14-17,20H,5,7-8,10,12-13H2,1-4H3/b9-6-. The molecule has 0 spiro atoms. The Morgan fingerprint density at radius 3 is 2.71 bits per heavy atom. The van der Waals surface area contributed by atoms with Gasteiger partial charge in [0.25, 0.3) is 0 Å². The number of nitrogens with zero attached hydrogens (tertiary/aromatic N) is 2. The Balaban J connectivity index is 2.10. The molecule has 1 aromatic heterocycles. The molecule has 0 unspecified atom stereocenters. The molecule has 0 N–H and O–H groups in total. The zero-order valence-electron chi connectivity index (χ0n) is 15.7. The van der Waals surface area contributed by atoms with E-state index in [0.29, 0.717) is 12.5 Å². The molecule has 132 valence electrons. The van der Waals surface area contributed by atoms with Crippen LogP contribution in [0.1, 0.15) is 64.0 Å². The molecule has 0 amide bonds. The SMILES string of the molecule is CC(C)CC/C=C\c1cnc(N(C)C2CC(C)C2)c(CCC=O)c1. The van der Waals surface area contributed by atoms with Crippen LogP contribution in [0.25, 0.3) is 6.08 Å². The van der Waals surface area contributed by atoms with Crippen LogP contribution in [0.4, 0.5) is 5.82 Å². The summed E-state index contributed by atoms with van der Waals surface area (Å²) < 4.78 is 0. The van der Waals surface area contributed by atoms with E-state index in [1.165, 1.54) is 24.8 Å². The maximum atomic E-state index is 10.8. The van der Waals surface area contributed by atoms with Gasteiger partial charge in [0.1, 0.15) is 12.1 Å². The van der Waals surface area contributed by atoms with Crippen molar-refractivity contribution in [2.75, 3.05) is 11.9 Å². The number of hydrogen-bond donors (Lipinski definition) is 0. The van der Waals surface area contributed by atoms with Crippen molar-refractivity contribution in [1.82, 2.24) is 4.98 Å². The predicted octanol–water partition coefficient (Wildman–Crippen LogP) is 4.90. The van der Waals surface area contributed by atoms with Gasteiger partial charge in [0.15, 0.2) is 0 Å². The second-order valence-electron chi connectivity index (χ2n) is 7.67. The number of carbonyl (C=O) groups excluding carboxylic acids is 1. The van der Waals surface area contributed by atoms with Gasteiger partial charge in [0, 0.05) is 25.7 Å². The van der Waals surface area contributed by atoms with Crippen molar-refractivity contribution in [3.05, 3.63) is 29.5 Å². The first-order chi connectivity index (χ1) is 11.5. The Hall–Kier alpha value is -1.64. The van der Waals surface area contributed by atoms with Crippen LogP contribution in [-0.2, 0) is 11.2 Å². The zero-order chi connectivity index (χ0) is 17.5. The van der Waals surface area contributed by atoms with Crippen LogP contribution in [0.5, 0.6) is 0 Å². The van der Waals surface area contributed by atoms with Crippen LogP contribution >= 0.6 is 0 Å². The van der Waals surface area contributed by atoms with Crippen LogP contribution in [0.15, 0.2) is 18.3 Å². The molecule has 1 heterocycles. The van der Waals surface area contributed by atoms with Crippen molar-refractivity contribution in [3.8, 4) is 0 Å². The first-order valence-corrected chi connectivity index (χ1v) is 9.33. The van der Waals surface area contributed by atoms with E-state index < -0.39 is 0 Å². The molecule has 1 aliphatic carbocycles. The summed E-state index contributed by atoms with van der Waals surface area (Å²) in [4.78, 5) is 17.9. The predicted molar refractivity (Wildman–Crippen MR) is 102 cm³/mol. The smallest absolute Gasteiger partial charge is 0.131 e. The fourth-order valence-electron chi connectivity index (χ4n) is 3.33. The topological polar surface area (TPSA) is 33.2 Å². The van der Waals surface area contributed by atoms with Gasteiger partial charge in [-0.15, -0.1) is 0 Å². The first-order valence-electron chi connectivity index (χ1n) is 9.33. The Bertz CT molecular complexity index is 559. The van der Waals surface area contributed by atoms with Crippen LogP contribution < -0.4 is 4.90 Å². The maximum absolute atomic E-state index is 10.8. The minimum atomic E-state index is 0.560. The molecule has 0 saturated heterocycles. The molecule has 1 aromatic rings. The van der Waals surface area contributed by atoms with E-state index in [-0.39, 0.29) is 0 Å². The van der Waals surface area contributed by atoms with Gasteiger partial charge in [-0.3, -0.25) is 0 Å². The summed E-state index contributed by atoms with van der Waals surface area (Å²) in [7, 11) is 2.14. The number of carbonyl (C=O) groups is 1. The second-order valence-corrected chi connectivity index (χ2v) is 7.67. The highest BCUT2D eigenvalue weighted by molar-refractivity contribution is 5.58. The Morgan fingerprint density at radius 1 is 1.33 bits per heavy atom. The minimum Gasteiger partial charge on any atom is -0.356 e. The highest BCUT2D eigenvalue weighted by Gasteiger charge is 2.30. The Morgan fingerprint density at radius 2 is 2.08 bits per heavy atom. The first kappa shape index (κ1) is 18.7. The van der Waals surface area contributed by atoms with Gasteiger partial charge in [-0.25, -0.2) is 4.98 Å². The molecule has 3 nitrogen and oxygen atoms in total. The van der Waals surface area contributed by atoms with E-state index in [2.05, 4.69) is 50.9 Å². The zero-order valence-corrected chi connectivity index (χ0v) is 15.7. The van der Waals surface area contributed by atoms with Gasteiger partial charge in [0.2, 0.25) is 0 Å². The van der Waals surface area contributed by atoms with Crippen LogP contribution in [-0.4, -0.2) is 24.4 Å². The molecule has 1 saturated carbocycles. The van der Waals surface area contributed by atoms with Crippen molar-refractivity contribution >= 4 is 18.2 Å². The van der Waals surface area contributed by atoms with Gasteiger partial charge >= 0.3 is 0 Å². The highest BCUT2D eigenvalue weighted by atomic mass is 16.1. The van der Waals surface area contributed by atoms with Crippen molar-refractivity contribution in [1.29, 1.82) is 0 Å². The molecule has 0 radical (unpaired) electrons. The van der Waals surface area contributed by atoms with E-state index in [1.54, 1.807) is 0 Å². The van der Waals surface area contributed by atoms with Crippen LogP contribution in [0.2, 0.25) is 0 Å². The Labute approximate surface area is 147 Å². The maximum Gasteiger partial charge on any atom is 0.131 e. The lowest BCUT2D eigenvalue weighted by Gasteiger charge is -2.41. The molecule has 2 rings (SSSR count). The quantitative estimate of drug-likeness (QED) is 0.605. The lowest BCUT2D eigenvalue weighted by Crippen LogP contribution is -2.42. The van der Waals surface area contributed by atoms with Crippen molar-refractivity contribution < 1.29 is 4.79 Å². The fourth-order valence-corrected chi connectivity index (χ4v) is 3.33. The minimum absolute atomic E-state index is 0.560. The molecule has 1 aliphatic rings. The Kier molecular flexibility index (Phi) is 7.01. The van der Waals surface area contributed by atoms with Gasteiger partial charge in [0.05, 0.1) is 0 Å². The van der Waals surface area contributed by atoms with E-state index in [0.717, 1.165) is 42.3 Å². The molecule has 3 heteroatoms. The summed E-state index contributed by atoms with van der Waals surface area (Å²) in [5.74, 6) is 2.60. The van der Waals surface area contributed by atoms with E-state index in [1.807, 2.05) is 6.20 Å². The lowest BCUT2D eigenvalue weighted by atomic mass is 9.81. The second kappa shape index (κ2) is 9.00. The third-order valence-electron chi connectivity index (χ3n) is 4.95.